The fourth-order valence-corrected chi connectivity index (χ4v) is 0.789. The van der Waals surface area contributed by atoms with Crippen molar-refractivity contribution in [3.05, 3.63) is 0 Å². The lowest BCUT2D eigenvalue weighted by Crippen LogP contribution is -2.51. The van der Waals surface area contributed by atoms with Gasteiger partial charge in [0.25, 0.3) is 0 Å². The zero-order chi connectivity index (χ0) is 11.0. The van der Waals surface area contributed by atoms with E-state index in [0.29, 0.717) is 0 Å². The lowest BCUT2D eigenvalue weighted by molar-refractivity contribution is -0.148. The summed E-state index contributed by atoms with van der Waals surface area (Å²) in [6.45, 7) is 3.44. The van der Waals surface area contributed by atoms with Gasteiger partial charge < -0.3 is 14.8 Å². The van der Waals surface area contributed by atoms with E-state index < -0.39 is 12.1 Å². The van der Waals surface area contributed by atoms with E-state index in [-0.39, 0.29) is 19.2 Å². The summed E-state index contributed by atoms with van der Waals surface area (Å²) in [5.74, 6) is -0.841. The van der Waals surface area contributed by atoms with E-state index in [1.165, 1.54) is 14.0 Å². The predicted molar refractivity (Wildman–Crippen MR) is 49.2 cm³/mol. The number of nitrogens with one attached hydrogen (secondary N) is 2. The standard InChI is InChI=1S/C8H16N2O4/c1-4-14-8(12)7(9-5-13-3)10-6(2)11/h7,9H,4-5H2,1-3H3,(H,10,11). The van der Waals surface area contributed by atoms with Gasteiger partial charge in [-0.05, 0) is 6.92 Å². The monoisotopic (exact) mass is 204 g/mol. The molecule has 0 aliphatic rings. The van der Waals surface area contributed by atoms with E-state index in [4.69, 9.17) is 9.47 Å². The number of carbonyl (C=O) groups excluding carboxylic acids is 2. The van der Waals surface area contributed by atoms with Crippen molar-refractivity contribution in [2.45, 2.75) is 20.0 Å². The Morgan fingerprint density at radius 2 is 2.07 bits per heavy atom. The maximum Gasteiger partial charge on any atom is 0.343 e. The minimum atomic E-state index is -0.854. The van der Waals surface area contributed by atoms with Crippen molar-refractivity contribution in [1.29, 1.82) is 0 Å². The summed E-state index contributed by atoms with van der Waals surface area (Å²) in [6, 6.07) is 0. The SMILES string of the molecule is CCOC(=O)C(NCOC)NC(C)=O. The van der Waals surface area contributed by atoms with E-state index in [9.17, 15) is 9.59 Å². The second kappa shape index (κ2) is 7.28. The van der Waals surface area contributed by atoms with Crippen LogP contribution in [-0.2, 0) is 19.1 Å². The van der Waals surface area contributed by atoms with Gasteiger partial charge in [-0.2, -0.15) is 0 Å². The summed E-state index contributed by atoms with van der Waals surface area (Å²) < 4.78 is 9.44. The highest BCUT2D eigenvalue weighted by atomic mass is 16.5. The van der Waals surface area contributed by atoms with Crippen molar-refractivity contribution < 1.29 is 19.1 Å². The Hall–Kier alpha value is -1.14. The largest absolute Gasteiger partial charge is 0.463 e. The van der Waals surface area contributed by atoms with Crippen LogP contribution in [0.2, 0.25) is 0 Å². The van der Waals surface area contributed by atoms with Crippen molar-refractivity contribution >= 4 is 11.9 Å². The molecule has 0 rings (SSSR count). The number of amides is 1. The second-order valence-corrected chi connectivity index (χ2v) is 2.52. The van der Waals surface area contributed by atoms with Crippen LogP contribution in [-0.4, -0.2) is 38.5 Å². The third-order valence-electron chi connectivity index (χ3n) is 1.30. The molecule has 6 heteroatoms. The van der Waals surface area contributed by atoms with Crippen molar-refractivity contribution in [3.63, 3.8) is 0 Å². The van der Waals surface area contributed by atoms with E-state index in [0.717, 1.165) is 0 Å². The van der Waals surface area contributed by atoms with Gasteiger partial charge in [-0.15, -0.1) is 0 Å². The van der Waals surface area contributed by atoms with Crippen LogP contribution < -0.4 is 10.6 Å². The zero-order valence-electron chi connectivity index (χ0n) is 8.62. The highest BCUT2D eigenvalue weighted by molar-refractivity contribution is 5.82. The Kier molecular flexibility index (Phi) is 6.69. The molecule has 0 heterocycles. The molecule has 0 aromatic carbocycles. The first-order valence-corrected chi connectivity index (χ1v) is 4.27. The third kappa shape index (κ3) is 5.50. The van der Waals surface area contributed by atoms with Crippen LogP contribution in [0.1, 0.15) is 13.8 Å². The van der Waals surface area contributed by atoms with Gasteiger partial charge >= 0.3 is 5.97 Å². The number of esters is 1. The minimum absolute atomic E-state index is 0.157. The Balaban J connectivity index is 4.08. The van der Waals surface area contributed by atoms with Gasteiger partial charge in [0.2, 0.25) is 5.91 Å². The molecule has 6 nitrogen and oxygen atoms in total. The summed E-state index contributed by atoms with van der Waals surface area (Å²) in [7, 11) is 1.48. The average molecular weight is 204 g/mol. The normalized spacial score (nSPS) is 11.9. The Bertz CT molecular complexity index is 196. The summed E-state index contributed by atoms with van der Waals surface area (Å²) in [5.41, 5.74) is 0. The van der Waals surface area contributed by atoms with Crippen LogP contribution in [0.3, 0.4) is 0 Å². The molecule has 0 spiro atoms. The Labute approximate surface area is 82.9 Å². The van der Waals surface area contributed by atoms with Crippen molar-refractivity contribution in [3.8, 4) is 0 Å². The molecule has 14 heavy (non-hydrogen) atoms. The number of ether oxygens (including phenoxy) is 2. The van der Waals surface area contributed by atoms with Crippen LogP contribution in [0.5, 0.6) is 0 Å². The highest BCUT2D eigenvalue weighted by Gasteiger charge is 2.19. The number of rotatable bonds is 6. The average Bonchev–Trinajstić information content (AvgIpc) is 2.12. The van der Waals surface area contributed by atoms with E-state index in [1.54, 1.807) is 6.92 Å². The van der Waals surface area contributed by atoms with Gasteiger partial charge in [0.1, 0.15) is 0 Å². The smallest absolute Gasteiger partial charge is 0.343 e. The first-order valence-electron chi connectivity index (χ1n) is 4.27. The minimum Gasteiger partial charge on any atom is -0.463 e. The van der Waals surface area contributed by atoms with Gasteiger partial charge in [-0.3, -0.25) is 10.1 Å². The molecule has 0 aromatic heterocycles. The summed E-state index contributed by atoms with van der Waals surface area (Å²) in [6.07, 6.45) is -0.854. The molecule has 82 valence electrons. The van der Waals surface area contributed by atoms with Crippen molar-refractivity contribution in [1.82, 2.24) is 10.6 Å². The van der Waals surface area contributed by atoms with Crippen LogP contribution in [0.25, 0.3) is 0 Å². The topological polar surface area (TPSA) is 76.7 Å². The molecule has 1 atom stereocenters. The highest BCUT2D eigenvalue weighted by Crippen LogP contribution is 1.85. The summed E-state index contributed by atoms with van der Waals surface area (Å²) in [5, 5.41) is 5.05. The van der Waals surface area contributed by atoms with Crippen LogP contribution >= 0.6 is 0 Å². The molecular weight excluding hydrogens is 188 g/mol. The Morgan fingerprint density at radius 1 is 1.43 bits per heavy atom. The lowest BCUT2D eigenvalue weighted by Gasteiger charge is -2.16. The molecule has 2 N–H and O–H groups in total. The molecule has 0 saturated heterocycles. The van der Waals surface area contributed by atoms with Gasteiger partial charge in [0, 0.05) is 14.0 Å². The van der Waals surface area contributed by atoms with Gasteiger partial charge in [0.05, 0.1) is 13.3 Å². The summed E-state index contributed by atoms with van der Waals surface area (Å²) >= 11 is 0. The molecule has 0 saturated carbocycles. The zero-order valence-corrected chi connectivity index (χ0v) is 8.62. The number of hydrogen-bond donors (Lipinski definition) is 2. The van der Waals surface area contributed by atoms with Crippen LogP contribution in [0.4, 0.5) is 0 Å². The van der Waals surface area contributed by atoms with E-state index >= 15 is 0 Å². The molecule has 0 aliphatic carbocycles. The molecule has 0 aliphatic heterocycles. The molecule has 0 aromatic rings. The lowest BCUT2D eigenvalue weighted by atomic mass is 10.4. The molecule has 1 unspecified atom stereocenters. The third-order valence-corrected chi connectivity index (χ3v) is 1.30. The van der Waals surface area contributed by atoms with E-state index in [2.05, 4.69) is 10.6 Å². The fourth-order valence-electron chi connectivity index (χ4n) is 0.789. The van der Waals surface area contributed by atoms with Gasteiger partial charge in [-0.1, -0.05) is 0 Å². The first-order chi connectivity index (χ1) is 6.61. The van der Waals surface area contributed by atoms with Crippen LogP contribution in [0.15, 0.2) is 0 Å². The first kappa shape index (κ1) is 12.9. The Morgan fingerprint density at radius 3 is 2.50 bits per heavy atom. The fraction of sp³-hybridized carbons (Fsp3) is 0.750. The molecule has 1 amide bonds. The van der Waals surface area contributed by atoms with E-state index in [1.807, 2.05) is 0 Å². The van der Waals surface area contributed by atoms with Gasteiger partial charge in [-0.25, -0.2) is 4.79 Å². The predicted octanol–water partition coefficient (Wildman–Crippen LogP) is -0.795. The molecule has 0 radical (unpaired) electrons. The van der Waals surface area contributed by atoms with Gasteiger partial charge in [0.15, 0.2) is 6.17 Å². The van der Waals surface area contributed by atoms with Crippen molar-refractivity contribution in [2.24, 2.45) is 0 Å². The van der Waals surface area contributed by atoms with Crippen LogP contribution in [0, 0.1) is 0 Å². The number of carbonyl (C=O) groups is 2. The molecular formula is C8H16N2O4. The summed E-state index contributed by atoms with van der Waals surface area (Å²) in [4.78, 5) is 22.0. The second-order valence-electron chi connectivity index (χ2n) is 2.52. The van der Waals surface area contributed by atoms with Crippen molar-refractivity contribution in [2.75, 3.05) is 20.4 Å². The maximum absolute atomic E-state index is 11.2. The molecule has 0 fully saturated rings. The molecule has 0 bridgehead atoms. The quantitative estimate of drug-likeness (QED) is 0.438. The maximum atomic E-state index is 11.2. The number of methoxy groups -OCH3 is 1. The number of hydrogen-bond acceptors (Lipinski definition) is 5.